The molecular formula is C38H51ClN4O8. The lowest BCUT2D eigenvalue weighted by Crippen LogP contribution is -2.61. The fourth-order valence-electron chi connectivity index (χ4n) is 7.95. The van der Waals surface area contributed by atoms with Crippen molar-refractivity contribution in [3.8, 4) is 0 Å². The highest BCUT2D eigenvalue weighted by atomic mass is 35.5. The van der Waals surface area contributed by atoms with Gasteiger partial charge in [-0.1, -0.05) is 71.0 Å². The second-order valence-electron chi connectivity index (χ2n) is 16.0. The van der Waals surface area contributed by atoms with Crippen LogP contribution in [0.25, 0.3) is 0 Å². The third kappa shape index (κ3) is 8.81. The van der Waals surface area contributed by atoms with E-state index in [1.807, 2.05) is 0 Å². The highest BCUT2D eigenvalue weighted by Crippen LogP contribution is 2.50. The number of amides is 4. The van der Waals surface area contributed by atoms with E-state index >= 15 is 0 Å². The third-order valence-electron chi connectivity index (χ3n) is 10.7. The Kier molecular flexibility index (Phi) is 11.9. The number of halogens is 1. The number of nitrogens with one attached hydrogen (secondary N) is 2. The monoisotopic (exact) mass is 726 g/mol. The van der Waals surface area contributed by atoms with Crippen molar-refractivity contribution in [1.29, 1.82) is 0 Å². The van der Waals surface area contributed by atoms with Crippen LogP contribution in [0.2, 0.25) is 5.02 Å². The Morgan fingerprint density at radius 3 is 2.39 bits per heavy atom. The van der Waals surface area contributed by atoms with E-state index in [1.54, 1.807) is 52.0 Å². The van der Waals surface area contributed by atoms with E-state index in [1.165, 1.54) is 9.80 Å². The predicted octanol–water partition coefficient (Wildman–Crippen LogP) is 4.29. The number of aldehydes is 1. The van der Waals surface area contributed by atoms with Crippen molar-refractivity contribution in [3.05, 3.63) is 29.3 Å². The Hall–Kier alpha value is -3.80. The summed E-state index contributed by atoms with van der Waals surface area (Å²) in [4.78, 5) is 98.0. The number of rotatable bonds is 13. The number of carbonyl (C=O) groups is 7. The van der Waals surface area contributed by atoms with Crippen molar-refractivity contribution in [2.75, 3.05) is 11.4 Å². The number of nitrogens with zero attached hydrogens (tertiary/aromatic N) is 2. The summed E-state index contributed by atoms with van der Waals surface area (Å²) < 4.78 is 5.86. The molecule has 0 aromatic heterocycles. The maximum atomic E-state index is 14.8. The smallest absolute Gasteiger partial charge is 0.330 e. The molecule has 5 atom stereocenters. The number of hydrogen-bond acceptors (Lipinski definition) is 8. The zero-order valence-electron chi connectivity index (χ0n) is 30.1. The van der Waals surface area contributed by atoms with Crippen molar-refractivity contribution in [2.24, 2.45) is 16.7 Å². The van der Waals surface area contributed by atoms with Gasteiger partial charge in [0, 0.05) is 41.6 Å². The van der Waals surface area contributed by atoms with E-state index in [0.29, 0.717) is 23.4 Å². The second kappa shape index (κ2) is 15.8. The minimum Gasteiger partial charge on any atom is -0.452 e. The molecule has 0 radical (unpaired) electrons. The number of esters is 1. The van der Waals surface area contributed by atoms with E-state index in [0.717, 1.165) is 44.9 Å². The molecule has 2 aliphatic carbocycles. The minimum atomic E-state index is -1.48. The summed E-state index contributed by atoms with van der Waals surface area (Å²) in [5.74, 6) is -3.81. The summed E-state index contributed by atoms with van der Waals surface area (Å²) in [6, 6.07) is 2.85. The zero-order valence-corrected chi connectivity index (χ0v) is 30.8. The first-order chi connectivity index (χ1) is 24.2. The van der Waals surface area contributed by atoms with Gasteiger partial charge in [0.05, 0.1) is 6.04 Å². The van der Waals surface area contributed by atoms with Gasteiger partial charge in [0.15, 0.2) is 6.10 Å². The normalized spacial score (nSPS) is 25.0. The van der Waals surface area contributed by atoms with Gasteiger partial charge in [0.2, 0.25) is 17.7 Å². The molecule has 1 aromatic rings. The molecule has 4 aliphatic rings. The molecule has 1 unspecified atom stereocenters. The van der Waals surface area contributed by atoms with Gasteiger partial charge in [-0.3, -0.25) is 24.0 Å². The molecule has 51 heavy (non-hydrogen) atoms. The van der Waals surface area contributed by atoms with Crippen LogP contribution in [-0.2, 0) is 38.3 Å². The number of hydrogen-bond donors (Lipinski definition) is 2. The molecule has 1 spiro atoms. The molecule has 2 saturated carbocycles. The summed E-state index contributed by atoms with van der Waals surface area (Å²) in [5, 5.41) is 5.98. The van der Waals surface area contributed by atoms with E-state index in [-0.39, 0.29) is 56.0 Å². The predicted molar refractivity (Wildman–Crippen MR) is 189 cm³/mol. The molecule has 12 nitrogen and oxygen atoms in total. The van der Waals surface area contributed by atoms with Crippen molar-refractivity contribution in [1.82, 2.24) is 15.5 Å². The highest BCUT2D eigenvalue weighted by Gasteiger charge is 2.63. The first-order valence-corrected chi connectivity index (χ1v) is 18.7. The Balaban J connectivity index is 1.50. The quantitative estimate of drug-likeness (QED) is 0.173. The second-order valence-corrected chi connectivity index (χ2v) is 16.4. The minimum absolute atomic E-state index is 0.0355. The largest absolute Gasteiger partial charge is 0.452 e. The first-order valence-electron chi connectivity index (χ1n) is 18.4. The van der Waals surface area contributed by atoms with Gasteiger partial charge < -0.3 is 30.0 Å². The van der Waals surface area contributed by atoms with Crippen molar-refractivity contribution >= 4 is 59.0 Å². The Morgan fingerprint density at radius 1 is 1.08 bits per heavy atom. The van der Waals surface area contributed by atoms with Crippen molar-refractivity contribution < 1.29 is 38.3 Å². The maximum absolute atomic E-state index is 14.8. The van der Waals surface area contributed by atoms with Gasteiger partial charge in [-0.2, -0.15) is 0 Å². The molecule has 0 bridgehead atoms. The van der Waals surface area contributed by atoms with Gasteiger partial charge >= 0.3 is 5.97 Å². The van der Waals surface area contributed by atoms with E-state index in [2.05, 4.69) is 10.6 Å². The molecule has 1 aromatic carbocycles. The number of carbonyl (C=O) groups excluding carboxylic acids is 7. The SMILES string of the molecule is CCCC(OC(=O)[C@H]1N(C(=O)[C@@H](NC(=O)CC2CCCCC2)C(C)(C)C)[C@H](C=O)C[C@]12CC(=O)N(c1cccc(Cl)c1)C2)C(=O)C(=O)NC1CC1. The van der Waals surface area contributed by atoms with Crippen LogP contribution in [0.3, 0.4) is 0 Å². The maximum Gasteiger partial charge on any atom is 0.330 e. The zero-order chi connectivity index (χ0) is 37.1. The van der Waals surface area contributed by atoms with Gasteiger partial charge in [-0.05, 0) is 68.1 Å². The Morgan fingerprint density at radius 2 is 1.78 bits per heavy atom. The molecule has 2 aliphatic heterocycles. The Bertz CT molecular complexity index is 1530. The molecular weight excluding hydrogens is 676 g/mol. The fraction of sp³-hybridized carbons (Fsp3) is 0.658. The number of likely N-dealkylation sites (tertiary alicyclic amines) is 1. The lowest BCUT2D eigenvalue weighted by molar-refractivity contribution is -0.168. The van der Waals surface area contributed by atoms with Crippen LogP contribution in [0, 0.1) is 16.7 Å². The van der Waals surface area contributed by atoms with Gasteiger partial charge in [0.1, 0.15) is 18.4 Å². The van der Waals surface area contributed by atoms with Crippen LogP contribution in [0.15, 0.2) is 24.3 Å². The summed E-state index contributed by atoms with van der Waals surface area (Å²) >= 11 is 6.26. The van der Waals surface area contributed by atoms with Crippen LogP contribution < -0.4 is 15.5 Å². The summed E-state index contributed by atoms with van der Waals surface area (Å²) in [7, 11) is 0. The topological polar surface area (TPSA) is 159 Å². The van der Waals surface area contributed by atoms with Gasteiger partial charge in [-0.15, -0.1) is 0 Å². The fourth-order valence-corrected chi connectivity index (χ4v) is 8.13. The molecule has 13 heteroatoms. The first kappa shape index (κ1) is 38.4. The summed E-state index contributed by atoms with van der Waals surface area (Å²) in [6.07, 6.45) is 6.28. The summed E-state index contributed by atoms with van der Waals surface area (Å²) in [6.45, 7) is 7.12. The number of Topliss-reactive ketones (excluding diaryl/α,β-unsaturated/α-hetero) is 1. The van der Waals surface area contributed by atoms with Crippen molar-refractivity contribution in [3.63, 3.8) is 0 Å². The van der Waals surface area contributed by atoms with Crippen LogP contribution in [0.1, 0.15) is 105 Å². The Labute approximate surface area is 304 Å². The number of ketones is 1. The van der Waals surface area contributed by atoms with Crippen LogP contribution in [-0.4, -0.2) is 83.4 Å². The van der Waals surface area contributed by atoms with E-state index in [4.69, 9.17) is 16.3 Å². The molecule has 2 N–H and O–H groups in total. The third-order valence-corrected chi connectivity index (χ3v) is 11.0. The lowest BCUT2D eigenvalue weighted by Gasteiger charge is -2.39. The summed E-state index contributed by atoms with van der Waals surface area (Å²) in [5.41, 5.74) is -1.64. The van der Waals surface area contributed by atoms with Gasteiger partial charge in [-0.25, -0.2) is 4.79 Å². The average Bonchev–Trinajstić information content (AvgIpc) is 3.75. The molecule has 4 fully saturated rings. The number of benzene rings is 1. The molecule has 5 rings (SSSR count). The van der Waals surface area contributed by atoms with Crippen LogP contribution >= 0.6 is 11.6 Å². The molecule has 2 saturated heterocycles. The molecule has 278 valence electrons. The van der Waals surface area contributed by atoms with E-state index in [9.17, 15) is 33.6 Å². The van der Waals surface area contributed by atoms with E-state index < -0.39 is 58.6 Å². The lowest BCUT2D eigenvalue weighted by atomic mass is 9.78. The van der Waals surface area contributed by atoms with Gasteiger partial charge in [0.25, 0.3) is 11.7 Å². The average molecular weight is 727 g/mol. The number of ether oxygens (including phenoxy) is 1. The molecule has 4 amide bonds. The van der Waals surface area contributed by atoms with Crippen LogP contribution in [0.5, 0.6) is 0 Å². The van der Waals surface area contributed by atoms with Crippen molar-refractivity contribution in [2.45, 2.75) is 135 Å². The van der Waals surface area contributed by atoms with Crippen LogP contribution in [0.4, 0.5) is 5.69 Å². The highest BCUT2D eigenvalue weighted by molar-refractivity contribution is 6.38. The number of anilines is 1. The molecule has 2 heterocycles. The standard InChI is InChI=1S/C38H51ClN4O8/c1-5-10-28(31(47)34(48)40-25-15-16-25)51-36(50)33-38(20-30(46)42(22-38)26-14-9-13-24(39)18-26)19-27(21-44)43(33)35(49)32(37(2,3)4)41-29(45)17-23-11-7-6-8-12-23/h9,13-14,18,21,23,25,27-28,32-33H,5-8,10-12,15-17,19-20,22H2,1-4H3,(H,40,48)(H,41,45)/t27-,28?,32+,33+,38+/m0/s1.